The van der Waals surface area contributed by atoms with Gasteiger partial charge in [-0.2, -0.15) is 4.98 Å². The molecule has 146 valence electrons. The number of anilines is 2. The number of nitrogens with zero attached hydrogens (tertiary/aromatic N) is 3. The summed E-state index contributed by atoms with van der Waals surface area (Å²) in [6.07, 6.45) is 7.62. The first kappa shape index (κ1) is 18.1. The lowest BCUT2D eigenvalue weighted by Gasteiger charge is -2.29. The van der Waals surface area contributed by atoms with E-state index in [2.05, 4.69) is 15.3 Å². The van der Waals surface area contributed by atoms with Gasteiger partial charge in [-0.15, -0.1) is 0 Å². The van der Waals surface area contributed by atoms with Crippen molar-refractivity contribution in [2.45, 2.75) is 75.8 Å². The number of nitrogens with one attached hydrogen (secondary N) is 1. The van der Waals surface area contributed by atoms with Gasteiger partial charge in [0.15, 0.2) is 5.65 Å². The molecule has 0 amide bonds. The number of hydrogen-bond donors (Lipinski definition) is 2. The standard InChI is InChI=1S/C19H25F2N5O/c20-19(21)8-4-5-12(10-19)24-18-23-11-14-15(22)9-16(27)26(17(14)25-18)13-6-2-1-3-7-13/h9,11-13H,1-8,10,22H2,(H,23,24,25). The molecule has 2 aliphatic carbocycles. The summed E-state index contributed by atoms with van der Waals surface area (Å²) in [5, 5.41) is 3.66. The Kier molecular flexibility index (Phi) is 4.74. The second-order valence-corrected chi connectivity index (χ2v) is 7.82. The van der Waals surface area contributed by atoms with Gasteiger partial charge in [-0.1, -0.05) is 19.3 Å². The number of nitrogens with two attached hydrogens (primary N) is 1. The smallest absolute Gasteiger partial charge is 0.254 e. The fourth-order valence-electron chi connectivity index (χ4n) is 4.38. The second-order valence-electron chi connectivity index (χ2n) is 7.82. The van der Waals surface area contributed by atoms with E-state index in [1.807, 2.05) is 0 Å². The van der Waals surface area contributed by atoms with Crippen LogP contribution in [0.3, 0.4) is 0 Å². The normalized spacial score (nSPS) is 23.4. The minimum atomic E-state index is -2.65. The lowest BCUT2D eigenvalue weighted by molar-refractivity contribution is -0.0374. The molecule has 0 bridgehead atoms. The van der Waals surface area contributed by atoms with Crippen molar-refractivity contribution in [2.24, 2.45) is 0 Å². The van der Waals surface area contributed by atoms with Crippen LogP contribution < -0.4 is 16.6 Å². The minimum absolute atomic E-state index is 0.0679. The molecule has 2 aromatic rings. The lowest BCUT2D eigenvalue weighted by Crippen LogP contribution is -2.34. The van der Waals surface area contributed by atoms with Gasteiger partial charge in [0.25, 0.3) is 5.56 Å². The molecule has 2 aromatic heterocycles. The van der Waals surface area contributed by atoms with Crippen LogP contribution in [0, 0.1) is 0 Å². The molecular weight excluding hydrogens is 352 g/mol. The largest absolute Gasteiger partial charge is 0.398 e. The Balaban J connectivity index is 1.70. The first-order valence-corrected chi connectivity index (χ1v) is 9.75. The van der Waals surface area contributed by atoms with Gasteiger partial charge >= 0.3 is 0 Å². The minimum Gasteiger partial charge on any atom is -0.398 e. The molecule has 2 saturated carbocycles. The number of hydrogen-bond acceptors (Lipinski definition) is 5. The molecule has 0 saturated heterocycles. The summed E-state index contributed by atoms with van der Waals surface area (Å²) in [7, 11) is 0. The van der Waals surface area contributed by atoms with Crippen molar-refractivity contribution in [3.05, 3.63) is 22.6 Å². The zero-order valence-electron chi connectivity index (χ0n) is 15.3. The lowest BCUT2D eigenvalue weighted by atomic mass is 9.92. The number of rotatable bonds is 3. The van der Waals surface area contributed by atoms with Gasteiger partial charge in [0.1, 0.15) is 0 Å². The third-order valence-electron chi connectivity index (χ3n) is 5.74. The van der Waals surface area contributed by atoms with E-state index < -0.39 is 5.92 Å². The summed E-state index contributed by atoms with van der Waals surface area (Å²) >= 11 is 0. The predicted molar refractivity (Wildman–Crippen MR) is 101 cm³/mol. The maximum Gasteiger partial charge on any atom is 0.254 e. The third kappa shape index (κ3) is 3.75. The summed E-state index contributed by atoms with van der Waals surface area (Å²) in [4.78, 5) is 21.4. The Morgan fingerprint density at radius 1 is 1.19 bits per heavy atom. The van der Waals surface area contributed by atoms with Gasteiger partial charge < -0.3 is 11.1 Å². The molecule has 4 rings (SSSR count). The molecule has 8 heteroatoms. The van der Waals surface area contributed by atoms with E-state index in [4.69, 9.17) is 5.73 Å². The van der Waals surface area contributed by atoms with E-state index in [0.29, 0.717) is 29.6 Å². The molecular formula is C19H25F2N5O. The molecule has 2 fully saturated rings. The highest BCUT2D eigenvalue weighted by Gasteiger charge is 2.36. The number of halogens is 2. The van der Waals surface area contributed by atoms with Crippen molar-refractivity contribution in [1.82, 2.24) is 14.5 Å². The number of nitrogen functional groups attached to an aromatic ring is 1. The molecule has 0 radical (unpaired) electrons. The van der Waals surface area contributed by atoms with Crippen molar-refractivity contribution >= 4 is 22.7 Å². The zero-order valence-corrected chi connectivity index (χ0v) is 15.3. The molecule has 27 heavy (non-hydrogen) atoms. The van der Waals surface area contributed by atoms with Crippen molar-refractivity contribution in [2.75, 3.05) is 11.1 Å². The number of alkyl halides is 2. The van der Waals surface area contributed by atoms with E-state index in [1.165, 1.54) is 12.5 Å². The number of fused-ring (bicyclic) bond motifs is 1. The van der Waals surface area contributed by atoms with Gasteiger partial charge in [0.2, 0.25) is 11.9 Å². The van der Waals surface area contributed by atoms with E-state index in [1.54, 1.807) is 10.8 Å². The van der Waals surface area contributed by atoms with Gasteiger partial charge in [-0.25, -0.2) is 13.8 Å². The van der Waals surface area contributed by atoms with Crippen LogP contribution in [0.1, 0.15) is 63.8 Å². The van der Waals surface area contributed by atoms with Crippen molar-refractivity contribution < 1.29 is 8.78 Å². The van der Waals surface area contributed by atoms with Crippen LogP contribution in [0.2, 0.25) is 0 Å². The Morgan fingerprint density at radius 2 is 1.96 bits per heavy atom. The fourth-order valence-corrected chi connectivity index (χ4v) is 4.38. The number of aromatic nitrogens is 3. The summed E-state index contributed by atoms with van der Waals surface area (Å²) in [5.41, 5.74) is 6.68. The summed E-state index contributed by atoms with van der Waals surface area (Å²) in [6, 6.07) is 1.15. The van der Waals surface area contributed by atoms with Crippen molar-refractivity contribution in [3.63, 3.8) is 0 Å². The summed E-state index contributed by atoms with van der Waals surface area (Å²) in [5.74, 6) is -2.37. The molecule has 0 spiro atoms. The van der Waals surface area contributed by atoms with Crippen molar-refractivity contribution in [3.8, 4) is 0 Å². The van der Waals surface area contributed by atoms with Crippen LogP contribution in [0.25, 0.3) is 11.0 Å². The van der Waals surface area contributed by atoms with Crippen LogP contribution in [-0.2, 0) is 0 Å². The SMILES string of the molecule is Nc1cc(=O)n(C2CCCCC2)c2nc(NC3CCCC(F)(F)C3)ncc12. The van der Waals surface area contributed by atoms with Gasteiger partial charge in [-0.3, -0.25) is 9.36 Å². The van der Waals surface area contributed by atoms with Crippen LogP contribution in [-0.4, -0.2) is 26.5 Å². The molecule has 1 atom stereocenters. The Bertz CT molecular complexity index is 892. The quantitative estimate of drug-likeness (QED) is 0.848. The van der Waals surface area contributed by atoms with Gasteiger partial charge in [-0.05, 0) is 25.7 Å². The van der Waals surface area contributed by atoms with E-state index in [0.717, 1.165) is 25.7 Å². The summed E-state index contributed by atoms with van der Waals surface area (Å²) < 4.78 is 29.1. The maximum absolute atomic E-state index is 13.7. The summed E-state index contributed by atoms with van der Waals surface area (Å²) in [6.45, 7) is 0. The average Bonchev–Trinajstić information content (AvgIpc) is 2.61. The van der Waals surface area contributed by atoms with E-state index >= 15 is 0 Å². The molecule has 0 aromatic carbocycles. The fraction of sp³-hybridized carbons (Fsp3) is 0.632. The average molecular weight is 377 g/mol. The van der Waals surface area contributed by atoms with Gasteiger partial charge in [0.05, 0.1) is 5.39 Å². The molecule has 1 unspecified atom stereocenters. The first-order chi connectivity index (χ1) is 12.9. The third-order valence-corrected chi connectivity index (χ3v) is 5.74. The molecule has 2 heterocycles. The second kappa shape index (κ2) is 7.05. The van der Waals surface area contributed by atoms with Crippen LogP contribution in [0.4, 0.5) is 20.4 Å². The molecule has 0 aliphatic heterocycles. The molecule has 6 nitrogen and oxygen atoms in total. The number of pyridine rings is 1. The monoisotopic (exact) mass is 377 g/mol. The van der Waals surface area contributed by atoms with Crippen molar-refractivity contribution in [1.29, 1.82) is 0 Å². The maximum atomic E-state index is 13.7. The predicted octanol–water partition coefficient (Wildman–Crippen LogP) is 3.87. The first-order valence-electron chi connectivity index (χ1n) is 9.75. The van der Waals surface area contributed by atoms with E-state index in [-0.39, 0.29) is 36.4 Å². The van der Waals surface area contributed by atoms with Crippen LogP contribution >= 0.6 is 0 Å². The van der Waals surface area contributed by atoms with Crippen LogP contribution in [0.15, 0.2) is 17.1 Å². The highest BCUT2D eigenvalue weighted by atomic mass is 19.3. The van der Waals surface area contributed by atoms with E-state index in [9.17, 15) is 13.6 Å². The Morgan fingerprint density at radius 3 is 2.70 bits per heavy atom. The topological polar surface area (TPSA) is 85.8 Å². The highest BCUT2D eigenvalue weighted by Crippen LogP contribution is 2.34. The Hall–Kier alpha value is -2.25. The molecule has 3 N–H and O–H groups in total. The Labute approximate surface area is 156 Å². The zero-order chi connectivity index (χ0) is 19.0. The molecule has 2 aliphatic rings. The van der Waals surface area contributed by atoms with Crippen LogP contribution in [0.5, 0.6) is 0 Å². The van der Waals surface area contributed by atoms with Gasteiger partial charge in [0, 0.05) is 42.9 Å². The highest BCUT2D eigenvalue weighted by molar-refractivity contribution is 5.87.